The number of piperidine rings is 1. The second-order valence-corrected chi connectivity index (χ2v) is 17.0. The van der Waals surface area contributed by atoms with Gasteiger partial charge in [0.25, 0.3) is 22.9 Å². The molecule has 2 amide bonds. The summed E-state index contributed by atoms with van der Waals surface area (Å²) in [6.45, 7) is 12.9. The minimum absolute atomic E-state index is 0. The first kappa shape index (κ1) is 50.6. The van der Waals surface area contributed by atoms with Crippen molar-refractivity contribution in [2.75, 3.05) is 45.8 Å². The smallest absolute Gasteiger partial charge is 0.293 e. The van der Waals surface area contributed by atoms with Gasteiger partial charge in [-0.15, -0.1) is 0 Å². The number of nitrogens with zero attached hydrogens (tertiary/aromatic N) is 7. The molecule has 3 aromatic carbocycles. The fourth-order valence-electron chi connectivity index (χ4n) is 8.83. The van der Waals surface area contributed by atoms with Gasteiger partial charge in [-0.25, -0.2) is 27.9 Å². The van der Waals surface area contributed by atoms with Crippen molar-refractivity contribution in [2.45, 2.75) is 97.9 Å². The predicted molar refractivity (Wildman–Crippen MR) is 260 cm³/mol. The number of halogens is 3. The largest absolute Gasteiger partial charge is 0.373 e. The number of likely N-dealkylation sites (tertiary alicyclic amines) is 1. The number of fused-ring (bicyclic) bond motifs is 4. The summed E-state index contributed by atoms with van der Waals surface area (Å²) in [6, 6.07) is 19.6. The maximum atomic E-state index is 15.0. The van der Waals surface area contributed by atoms with Gasteiger partial charge in [-0.2, -0.15) is 18.6 Å². The van der Waals surface area contributed by atoms with Gasteiger partial charge in [-0.1, -0.05) is 76.6 Å². The minimum Gasteiger partial charge on any atom is -0.373 e. The first-order chi connectivity index (χ1) is 31.8. The number of hydrogen-bond donors (Lipinski definition) is 1. The van der Waals surface area contributed by atoms with E-state index in [2.05, 4.69) is 33.9 Å². The van der Waals surface area contributed by atoms with Crippen LogP contribution in [-0.4, -0.2) is 109 Å². The molecule has 0 aliphatic carbocycles. The van der Waals surface area contributed by atoms with Crippen LogP contribution in [0.3, 0.4) is 0 Å². The fourth-order valence-corrected chi connectivity index (χ4v) is 8.83. The molecule has 17 heteroatoms. The summed E-state index contributed by atoms with van der Waals surface area (Å²) in [7, 11) is 0. The number of H-pyrrole nitrogens is 1. The topological polar surface area (TPSA) is 139 Å². The second-order valence-electron chi connectivity index (χ2n) is 17.0. The lowest BCUT2D eigenvalue weighted by Gasteiger charge is -2.38. The van der Waals surface area contributed by atoms with Gasteiger partial charge in [0.2, 0.25) is 5.91 Å². The first-order valence-electron chi connectivity index (χ1n) is 23.1. The van der Waals surface area contributed by atoms with E-state index in [1.807, 2.05) is 36.7 Å². The lowest BCUT2D eigenvalue weighted by Crippen LogP contribution is -2.53. The van der Waals surface area contributed by atoms with E-state index in [0.29, 0.717) is 96.3 Å². The van der Waals surface area contributed by atoms with Crippen LogP contribution in [-0.2, 0) is 35.0 Å². The van der Waals surface area contributed by atoms with Gasteiger partial charge in [0.05, 0.1) is 47.5 Å². The van der Waals surface area contributed by atoms with Gasteiger partial charge in [0, 0.05) is 81.9 Å². The van der Waals surface area contributed by atoms with Crippen LogP contribution in [0.2, 0.25) is 0 Å². The van der Waals surface area contributed by atoms with Gasteiger partial charge in [0.15, 0.2) is 5.52 Å². The minimum atomic E-state index is -2.99. The van der Waals surface area contributed by atoms with Gasteiger partial charge in [-0.05, 0) is 60.7 Å². The lowest BCUT2D eigenvalue weighted by atomic mass is 10.0. The molecule has 6 heterocycles. The number of rotatable bonds is 9. The number of alkyl halides is 2. The van der Waals surface area contributed by atoms with Crippen molar-refractivity contribution >= 4 is 47.1 Å². The molecule has 9 rings (SSSR count). The molecule has 1 atom stereocenters. The average molecular weight is 943 g/mol. The molecule has 0 spiro atoms. The Labute approximate surface area is 395 Å². The Morgan fingerprint density at radius 3 is 2.18 bits per heavy atom. The highest BCUT2D eigenvalue weighted by molar-refractivity contribution is 7.59. The van der Waals surface area contributed by atoms with Crippen LogP contribution in [0.25, 0.3) is 32.9 Å². The highest BCUT2D eigenvalue weighted by Crippen LogP contribution is 2.32. The third-order valence-corrected chi connectivity index (χ3v) is 12.2. The molecule has 0 radical (unpaired) electrons. The molecule has 6 aromatic rings. The number of pyridine rings is 1. The zero-order valence-electron chi connectivity index (χ0n) is 38.9. The molecule has 2 saturated heterocycles. The summed E-state index contributed by atoms with van der Waals surface area (Å²) in [5.74, 6) is -4.07. The first-order valence-corrected chi connectivity index (χ1v) is 23.1. The van der Waals surface area contributed by atoms with Crippen LogP contribution in [0.5, 0.6) is 0 Å². The number of nitrogens with one attached hydrogen (secondary N) is 1. The van der Waals surface area contributed by atoms with Crippen molar-refractivity contribution in [1.29, 1.82) is 0 Å². The number of piperazine rings is 1. The Balaban J connectivity index is 0.00000119. The lowest BCUT2D eigenvalue weighted by molar-refractivity contribution is -0.135. The molecule has 1 N–H and O–H groups in total. The van der Waals surface area contributed by atoms with E-state index in [1.54, 1.807) is 51.0 Å². The number of aromatic nitrogens is 5. The van der Waals surface area contributed by atoms with Crippen molar-refractivity contribution in [2.24, 2.45) is 0 Å². The van der Waals surface area contributed by atoms with E-state index in [4.69, 9.17) is 4.74 Å². The van der Waals surface area contributed by atoms with E-state index in [1.165, 1.54) is 30.7 Å². The number of benzene rings is 3. The zero-order chi connectivity index (χ0) is 47.1. The van der Waals surface area contributed by atoms with Crippen molar-refractivity contribution in [3.05, 3.63) is 128 Å². The van der Waals surface area contributed by atoms with Crippen LogP contribution in [0.4, 0.5) is 13.2 Å². The van der Waals surface area contributed by atoms with Gasteiger partial charge >= 0.3 is 0 Å². The summed E-state index contributed by atoms with van der Waals surface area (Å²) in [5, 5.41) is 7.93. The number of carbonyl (C=O) groups excluding carboxylic acids is 2. The van der Waals surface area contributed by atoms with E-state index in [0.717, 1.165) is 19.8 Å². The monoisotopic (exact) mass is 942 g/mol. The standard InChI is InChI=1S/C45H45F3N8O5.C3H8.C2H6.H2S/c1-45(47,48)31-6-4-5-29(23-31)30-24-39-41(49-25-30)44(60)55-16-13-33(26-56(39)55)61-32-11-14-52(15-12-32)27-40(57)53-17-19-54(20-18-53)43(59)36-21-28(9-10-37(36)46)22-38-34-7-2-3-8-35(34)42(58)51-50-38;1-3-2;1-2;/h2-10,21,23-25,32-33H,11-20,22,26-27H2,1H3,(H,51,58);3H2,1-2H3;1-2H3;1H2. The van der Waals surface area contributed by atoms with Crippen LogP contribution < -0.4 is 11.1 Å². The Hall–Kier alpha value is -5.78. The molecule has 358 valence electrons. The number of hydrogen-bond acceptors (Lipinski definition) is 8. The summed E-state index contributed by atoms with van der Waals surface area (Å²) in [5.41, 5.74) is 2.87. The quantitative estimate of drug-likeness (QED) is 0.156. The van der Waals surface area contributed by atoms with Crippen LogP contribution in [0.1, 0.15) is 87.5 Å². The summed E-state index contributed by atoms with van der Waals surface area (Å²) in [4.78, 5) is 62.3. The summed E-state index contributed by atoms with van der Waals surface area (Å²) >= 11 is 0. The van der Waals surface area contributed by atoms with E-state index >= 15 is 4.39 Å². The molecule has 3 aliphatic heterocycles. The van der Waals surface area contributed by atoms with E-state index < -0.39 is 17.6 Å². The Bertz CT molecular complexity index is 2790. The Kier molecular flexibility index (Phi) is 16.9. The molecular weight excluding hydrogens is 882 g/mol. The van der Waals surface area contributed by atoms with Gasteiger partial charge in [-0.3, -0.25) is 28.8 Å². The number of amides is 2. The second kappa shape index (κ2) is 22.3. The van der Waals surface area contributed by atoms with E-state index in [9.17, 15) is 28.0 Å². The number of aromatic amines is 1. The maximum Gasteiger partial charge on any atom is 0.293 e. The molecule has 0 saturated carbocycles. The van der Waals surface area contributed by atoms with E-state index in [-0.39, 0.29) is 73.5 Å². The van der Waals surface area contributed by atoms with Crippen molar-refractivity contribution in [3.8, 4) is 11.1 Å². The molecule has 3 aromatic heterocycles. The third kappa shape index (κ3) is 11.5. The molecule has 1 unspecified atom stereocenters. The third-order valence-electron chi connectivity index (χ3n) is 12.2. The Morgan fingerprint density at radius 1 is 0.806 bits per heavy atom. The highest BCUT2D eigenvalue weighted by atomic mass is 32.1. The van der Waals surface area contributed by atoms with Crippen molar-refractivity contribution in [3.63, 3.8) is 0 Å². The molecule has 0 bridgehead atoms. The zero-order valence-corrected chi connectivity index (χ0v) is 39.9. The van der Waals surface area contributed by atoms with Crippen molar-refractivity contribution in [1.82, 2.24) is 39.2 Å². The molecule has 67 heavy (non-hydrogen) atoms. The number of carbonyl (C=O) groups is 2. The van der Waals surface area contributed by atoms with Crippen LogP contribution in [0, 0.1) is 5.82 Å². The van der Waals surface area contributed by atoms with Crippen LogP contribution in [0.15, 0.2) is 88.6 Å². The predicted octanol–water partition coefficient (Wildman–Crippen LogP) is 7.74. The van der Waals surface area contributed by atoms with Crippen molar-refractivity contribution < 1.29 is 27.5 Å². The highest BCUT2D eigenvalue weighted by Gasteiger charge is 2.31. The van der Waals surface area contributed by atoms with Gasteiger partial charge < -0.3 is 14.5 Å². The Morgan fingerprint density at radius 2 is 1.48 bits per heavy atom. The average Bonchev–Trinajstić information content (AvgIpc) is 3.61. The molecule has 2 fully saturated rings. The molecule has 3 aliphatic rings. The van der Waals surface area contributed by atoms with Crippen LogP contribution >= 0.6 is 13.5 Å². The fraction of sp³-hybridized carbons (Fsp3) is 0.440. The molecule has 13 nitrogen and oxygen atoms in total. The summed E-state index contributed by atoms with van der Waals surface area (Å²) < 4.78 is 53.3. The van der Waals surface area contributed by atoms with Gasteiger partial charge in [0.1, 0.15) is 5.82 Å². The normalized spacial score (nSPS) is 16.6. The SMILES string of the molecule is CC.CC(F)(F)c1cccc(-c2cnc3c(=O)n4n(c3c2)CC(OC2CCN(CC(=O)N3CCN(C(=O)c5cc(Cc6n[nH]c(=O)c7ccccc67)ccc5F)CC3)CC2)CC4)c1.CCC.S. The molecular formula is C50H61F3N8O5S. The number of ether oxygens (including phenoxy) is 1. The maximum absolute atomic E-state index is 15.0. The summed E-state index contributed by atoms with van der Waals surface area (Å²) in [6.07, 6.45) is 5.10.